The quantitative estimate of drug-likeness (QED) is 0.741. The average molecular weight is 235 g/mol. The van der Waals surface area contributed by atoms with Gasteiger partial charge in [0.25, 0.3) is 0 Å². The van der Waals surface area contributed by atoms with Gasteiger partial charge in [-0.15, -0.1) is 11.3 Å². The molecule has 0 fully saturated rings. The molecular formula is C9H15ClN2OS. The molecule has 2 N–H and O–H groups in total. The monoisotopic (exact) mass is 234 g/mol. The first kappa shape index (κ1) is 11.9. The summed E-state index contributed by atoms with van der Waals surface area (Å²) in [5, 5.41) is 13.3. The number of hydrogen-bond donors (Lipinski definition) is 2. The Morgan fingerprint density at radius 3 is 3.07 bits per heavy atom. The zero-order chi connectivity index (χ0) is 10.4. The van der Waals surface area contributed by atoms with Crippen molar-refractivity contribution in [2.24, 2.45) is 0 Å². The number of hydrogen-bond acceptors (Lipinski definition) is 4. The maximum Gasteiger partial charge on any atom is 0.113 e. The van der Waals surface area contributed by atoms with Crippen LogP contribution in [0.25, 0.3) is 0 Å². The number of aromatic nitrogens is 1. The predicted molar refractivity (Wildman–Crippen MR) is 59.7 cm³/mol. The first-order valence-electron chi connectivity index (χ1n) is 4.67. The third kappa shape index (κ3) is 4.91. The topological polar surface area (TPSA) is 45.1 Å². The Balaban J connectivity index is 2.04. The van der Waals surface area contributed by atoms with E-state index in [1.54, 1.807) is 13.1 Å². The van der Waals surface area contributed by atoms with Gasteiger partial charge in [-0.1, -0.05) is 11.6 Å². The highest BCUT2D eigenvalue weighted by Crippen LogP contribution is 2.17. The van der Waals surface area contributed by atoms with E-state index in [0.29, 0.717) is 0 Å². The first-order chi connectivity index (χ1) is 6.68. The van der Waals surface area contributed by atoms with Crippen LogP contribution in [0.4, 0.5) is 0 Å². The number of thiazole rings is 1. The Morgan fingerprint density at radius 1 is 1.71 bits per heavy atom. The van der Waals surface area contributed by atoms with Gasteiger partial charge in [-0.25, -0.2) is 4.98 Å². The second-order valence-corrected chi connectivity index (χ2v) is 4.97. The molecule has 1 rings (SSSR count). The summed E-state index contributed by atoms with van der Waals surface area (Å²) >= 11 is 7.23. The number of aliphatic hydroxyl groups excluding tert-OH is 1. The number of aliphatic hydroxyl groups is 1. The van der Waals surface area contributed by atoms with Crippen LogP contribution in [0.15, 0.2) is 6.20 Å². The van der Waals surface area contributed by atoms with Crippen LogP contribution in [0.3, 0.4) is 0 Å². The molecule has 14 heavy (non-hydrogen) atoms. The molecule has 80 valence electrons. The van der Waals surface area contributed by atoms with Gasteiger partial charge in [0, 0.05) is 6.54 Å². The molecule has 3 nitrogen and oxygen atoms in total. The third-order valence-corrected chi connectivity index (χ3v) is 2.89. The van der Waals surface area contributed by atoms with Crippen LogP contribution >= 0.6 is 22.9 Å². The van der Waals surface area contributed by atoms with E-state index in [2.05, 4.69) is 10.3 Å². The summed E-state index contributed by atoms with van der Waals surface area (Å²) < 4.78 is 0.728. The fraction of sp³-hybridized carbons (Fsp3) is 0.667. The number of halogens is 1. The van der Waals surface area contributed by atoms with Crippen LogP contribution in [-0.4, -0.2) is 22.7 Å². The Morgan fingerprint density at radius 2 is 2.50 bits per heavy atom. The standard InChI is InChI=1S/C9H15ClN2OS/c1-7(13)3-2-4-11-6-9-12-5-8(10)14-9/h5,7,11,13H,2-4,6H2,1H3. The zero-order valence-electron chi connectivity index (χ0n) is 8.16. The molecule has 0 saturated carbocycles. The lowest BCUT2D eigenvalue weighted by Gasteiger charge is -2.04. The van der Waals surface area contributed by atoms with Crippen molar-refractivity contribution >= 4 is 22.9 Å². The molecule has 1 atom stereocenters. The maximum atomic E-state index is 9.02. The van der Waals surface area contributed by atoms with E-state index < -0.39 is 0 Å². The number of rotatable bonds is 6. The minimum absolute atomic E-state index is 0.203. The van der Waals surface area contributed by atoms with Crippen molar-refractivity contribution in [2.45, 2.75) is 32.4 Å². The summed E-state index contributed by atoms with van der Waals surface area (Å²) in [6, 6.07) is 0. The van der Waals surface area contributed by atoms with Crippen molar-refractivity contribution in [3.8, 4) is 0 Å². The molecular weight excluding hydrogens is 220 g/mol. The molecule has 1 heterocycles. The van der Waals surface area contributed by atoms with E-state index in [1.165, 1.54) is 11.3 Å². The minimum atomic E-state index is -0.203. The normalized spacial score (nSPS) is 13.1. The molecule has 0 spiro atoms. The van der Waals surface area contributed by atoms with Crippen molar-refractivity contribution < 1.29 is 5.11 Å². The zero-order valence-corrected chi connectivity index (χ0v) is 9.74. The van der Waals surface area contributed by atoms with Crippen LogP contribution in [0, 0.1) is 0 Å². The van der Waals surface area contributed by atoms with Gasteiger partial charge >= 0.3 is 0 Å². The highest BCUT2D eigenvalue weighted by molar-refractivity contribution is 7.15. The Hall–Kier alpha value is -0.160. The largest absolute Gasteiger partial charge is 0.393 e. The van der Waals surface area contributed by atoms with Crippen molar-refractivity contribution in [3.63, 3.8) is 0 Å². The average Bonchev–Trinajstić information content (AvgIpc) is 2.50. The van der Waals surface area contributed by atoms with Gasteiger partial charge in [-0.05, 0) is 26.3 Å². The minimum Gasteiger partial charge on any atom is -0.393 e. The molecule has 0 bridgehead atoms. The summed E-state index contributed by atoms with van der Waals surface area (Å²) in [6.45, 7) is 3.47. The Bertz CT molecular complexity index is 265. The lowest BCUT2D eigenvalue weighted by atomic mass is 10.2. The van der Waals surface area contributed by atoms with Gasteiger partial charge in [0.1, 0.15) is 9.34 Å². The number of nitrogens with zero attached hydrogens (tertiary/aromatic N) is 1. The second kappa shape index (κ2) is 6.35. The van der Waals surface area contributed by atoms with E-state index in [-0.39, 0.29) is 6.10 Å². The van der Waals surface area contributed by atoms with Crippen LogP contribution in [0.5, 0.6) is 0 Å². The van der Waals surface area contributed by atoms with Gasteiger partial charge < -0.3 is 10.4 Å². The molecule has 1 aromatic rings. The summed E-state index contributed by atoms with van der Waals surface area (Å²) in [5.74, 6) is 0. The Kier molecular flexibility index (Phi) is 5.40. The van der Waals surface area contributed by atoms with Gasteiger partial charge in [0.05, 0.1) is 12.3 Å². The summed E-state index contributed by atoms with van der Waals surface area (Å²) in [7, 11) is 0. The van der Waals surface area contributed by atoms with Gasteiger partial charge in [-0.2, -0.15) is 0 Å². The van der Waals surface area contributed by atoms with Crippen molar-refractivity contribution in [1.29, 1.82) is 0 Å². The van der Waals surface area contributed by atoms with E-state index in [4.69, 9.17) is 16.7 Å². The molecule has 0 aliphatic heterocycles. The molecule has 0 saturated heterocycles. The van der Waals surface area contributed by atoms with E-state index in [9.17, 15) is 0 Å². The molecule has 0 radical (unpaired) electrons. The van der Waals surface area contributed by atoms with E-state index in [0.717, 1.165) is 35.3 Å². The second-order valence-electron chi connectivity index (χ2n) is 3.23. The molecule has 0 aromatic carbocycles. The molecule has 0 aliphatic carbocycles. The van der Waals surface area contributed by atoms with Gasteiger partial charge in [-0.3, -0.25) is 0 Å². The lowest BCUT2D eigenvalue weighted by Crippen LogP contribution is -2.15. The molecule has 0 amide bonds. The van der Waals surface area contributed by atoms with Gasteiger partial charge in [0.15, 0.2) is 0 Å². The SMILES string of the molecule is CC(O)CCCNCc1ncc(Cl)s1. The predicted octanol–water partition coefficient (Wildman–Crippen LogP) is 2.05. The summed E-state index contributed by atoms with van der Waals surface area (Å²) in [6.07, 6.45) is 3.28. The maximum absolute atomic E-state index is 9.02. The molecule has 0 aliphatic rings. The highest BCUT2D eigenvalue weighted by atomic mass is 35.5. The highest BCUT2D eigenvalue weighted by Gasteiger charge is 1.99. The first-order valence-corrected chi connectivity index (χ1v) is 5.87. The van der Waals surface area contributed by atoms with Crippen molar-refractivity contribution in [3.05, 3.63) is 15.5 Å². The fourth-order valence-corrected chi connectivity index (χ4v) is 2.01. The third-order valence-electron chi connectivity index (χ3n) is 1.78. The van der Waals surface area contributed by atoms with Crippen molar-refractivity contribution in [1.82, 2.24) is 10.3 Å². The fourth-order valence-electron chi connectivity index (χ4n) is 1.09. The van der Waals surface area contributed by atoms with Crippen LogP contribution < -0.4 is 5.32 Å². The number of nitrogens with one attached hydrogen (secondary N) is 1. The van der Waals surface area contributed by atoms with Crippen LogP contribution in [0.2, 0.25) is 4.34 Å². The van der Waals surface area contributed by atoms with E-state index >= 15 is 0 Å². The Labute approximate surface area is 93.1 Å². The van der Waals surface area contributed by atoms with Crippen LogP contribution in [-0.2, 0) is 6.54 Å². The van der Waals surface area contributed by atoms with Crippen LogP contribution in [0.1, 0.15) is 24.8 Å². The van der Waals surface area contributed by atoms with Crippen molar-refractivity contribution in [2.75, 3.05) is 6.54 Å². The molecule has 1 unspecified atom stereocenters. The summed E-state index contributed by atoms with van der Waals surface area (Å²) in [4.78, 5) is 4.12. The van der Waals surface area contributed by atoms with Gasteiger partial charge in [0.2, 0.25) is 0 Å². The lowest BCUT2D eigenvalue weighted by molar-refractivity contribution is 0.181. The smallest absolute Gasteiger partial charge is 0.113 e. The summed E-state index contributed by atoms with van der Waals surface area (Å²) in [5.41, 5.74) is 0. The molecule has 1 aromatic heterocycles. The van der Waals surface area contributed by atoms with E-state index in [1.807, 2.05) is 0 Å². The molecule has 5 heteroatoms.